The fraction of sp³-hybridized carbons (Fsp3) is 0.432. The van der Waals surface area contributed by atoms with Gasteiger partial charge in [-0.15, -0.1) is 10.2 Å². The average Bonchev–Trinajstić information content (AvgIpc) is 3.62. The molecule has 2 aromatic carbocycles. The molecule has 3 fully saturated rings. The number of nitrogen functional groups attached to an aromatic ring is 1. The number of carbonyl (C=O) groups excluding carboxylic acids is 2. The Hall–Kier alpha value is -4.97. The van der Waals surface area contributed by atoms with Crippen molar-refractivity contribution in [3.63, 3.8) is 0 Å². The molecule has 4 aromatic rings. The van der Waals surface area contributed by atoms with E-state index < -0.39 is 0 Å². The number of phenolic OH excluding ortho intramolecular Hbond substituents is 1. The molecule has 0 unspecified atom stereocenters. The maximum absolute atomic E-state index is 12.7. The van der Waals surface area contributed by atoms with Crippen LogP contribution in [-0.2, 0) is 9.59 Å². The summed E-state index contributed by atoms with van der Waals surface area (Å²) in [4.78, 5) is 29.2. The number of ether oxygens (including phenoxy) is 1. The number of benzene rings is 2. The molecule has 254 valence electrons. The highest BCUT2D eigenvalue weighted by atomic mass is 16.5. The lowest BCUT2D eigenvalue weighted by molar-refractivity contribution is -0.134. The van der Waals surface area contributed by atoms with Crippen LogP contribution in [0.4, 0.5) is 11.5 Å². The molecule has 5 heterocycles. The molecule has 12 nitrogen and oxygen atoms in total. The molecule has 8 rings (SSSR count). The third kappa shape index (κ3) is 6.09. The largest absolute Gasteiger partial charge is 0.507 e. The summed E-state index contributed by atoms with van der Waals surface area (Å²) < 4.78 is 8.34. The van der Waals surface area contributed by atoms with E-state index in [1.807, 2.05) is 24.4 Å². The van der Waals surface area contributed by atoms with E-state index in [0.29, 0.717) is 61.1 Å². The molecule has 0 bridgehead atoms. The molecule has 2 amide bonds. The van der Waals surface area contributed by atoms with Gasteiger partial charge in [0.05, 0.1) is 30.2 Å². The number of nitrogens with zero attached hydrogens (tertiary/aromatic N) is 6. The molecular weight excluding hydrogens is 620 g/mol. The van der Waals surface area contributed by atoms with Gasteiger partial charge in [-0.1, -0.05) is 24.3 Å². The second kappa shape index (κ2) is 13.1. The lowest BCUT2D eigenvalue weighted by atomic mass is 9.80. The van der Waals surface area contributed by atoms with E-state index in [1.165, 1.54) is 5.56 Å². The van der Waals surface area contributed by atoms with E-state index in [2.05, 4.69) is 54.4 Å². The maximum atomic E-state index is 12.7. The Bertz CT molecular complexity index is 1860. The highest BCUT2D eigenvalue weighted by molar-refractivity contribution is 6.02. The molecule has 4 aliphatic rings. The number of nitrogens with two attached hydrogens (primary N) is 1. The minimum absolute atomic E-state index is 0.148. The van der Waals surface area contributed by atoms with E-state index in [0.717, 1.165) is 74.2 Å². The number of fused-ring (bicyclic) bond motifs is 1. The van der Waals surface area contributed by atoms with Crippen molar-refractivity contribution >= 4 is 23.3 Å². The van der Waals surface area contributed by atoms with Crippen molar-refractivity contribution in [2.24, 2.45) is 0 Å². The summed E-state index contributed by atoms with van der Waals surface area (Å²) in [6.07, 6.45) is 11.4. The number of hydrogen-bond acceptors (Lipinski definition) is 10. The second-order valence-corrected chi connectivity index (χ2v) is 13.7. The molecule has 2 aromatic heterocycles. The van der Waals surface area contributed by atoms with Crippen LogP contribution < -0.4 is 20.7 Å². The number of aromatic nitrogens is 4. The Morgan fingerprint density at radius 1 is 0.878 bits per heavy atom. The smallest absolute Gasteiger partial charge is 0.249 e. The number of nitrogens with one attached hydrogen (secondary N) is 1. The lowest BCUT2D eigenvalue weighted by Gasteiger charge is -2.42. The first kappa shape index (κ1) is 31.3. The molecule has 4 N–H and O–H groups in total. The second-order valence-electron chi connectivity index (χ2n) is 13.7. The van der Waals surface area contributed by atoms with E-state index in [9.17, 15) is 14.7 Å². The van der Waals surface area contributed by atoms with Crippen LogP contribution in [0.25, 0.3) is 22.4 Å². The molecule has 1 saturated carbocycles. The normalized spacial score (nSPS) is 23.5. The Morgan fingerprint density at radius 2 is 1.69 bits per heavy atom. The van der Waals surface area contributed by atoms with Gasteiger partial charge in [-0.2, -0.15) is 5.10 Å². The molecule has 0 spiro atoms. The van der Waals surface area contributed by atoms with Crippen LogP contribution in [0.1, 0.15) is 68.9 Å². The summed E-state index contributed by atoms with van der Waals surface area (Å²) in [5.41, 5.74) is 11.3. The summed E-state index contributed by atoms with van der Waals surface area (Å²) in [6.45, 7) is 3.25. The number of para-hydroxylation sites is 2. The predicted molar refractivity (Wildman–Crippen MR) is 185 cm³/mol. The summed E-state index contributed by atoms with van der Waals surface area (Å²) in [6, 6.07) is 15.8. The van der Waals surface area contributed by atoms with Crippen molar-refractivity contribution in [2.75, 3.05) is 36.9 Å². The third-order valence-electron chi connectivity index (χ3n) is 10.9. The minimum Gasteiger partial charge on any atom is -0.507 e. The molecule has 1 aliphatic carbocycles. The topological polar surface area (TPSA) is 152 Å². The van der Waals surface area contributed by atoms with Crippen LogP contribution in [0.5, 0.6) is 11.5 Å². The Morgan fingerprint density at radius 3 is 2.49 bits per heavy atom. The van der Waals surface area contributed by atoms with E-state index in [-0.39, 0.29) is 23.6 Å². The van der Waals surface area contributed by atoms with Gasteiger partial charge in [-0.05, 0) is 80.7 Å². The number of piperidine rings is 2. The van der Waals surface area contributed by atoms with Gasteiger partial charge in [-0.25, -0.2) is 0 Å². The number of phenols is 1. The van der Waals surface area contributed by atoms with Gasteiger partial charge in [0.25, 0.3) is 0 Å². The van der Waals surface area contributed by atoms with Crippen LogP contribution in [0, 0.1) is 0 Å². The Labute approximate surface area is 285 Å². The third-order valence-corrected chi connectivity index (χ3v) is 10.9. The fourth-order valence-electron chi connectivity index (χ4n) is 8.32. The van der Waals surface area contributed by atoms with Crippen LogP contribution in [0.2, 0.25) is 0 Å². The Balaban J connectivity index is 0.884. The molecule has 0 radical (unpaired) electrons. The predicted octanol–water partition coefficient (Wildman–Crippen LogP) is 4.66. The van der Waals surface area contributed by atoms with Crippen LogP contribution in [0.3, 0.4) is 0 Å². The summed E-state index contributed by atoms with van der Waals surface area (Å²) in [5, 5.41) is 25.9. The molecule has 49 heavy (non-hydrogen) atoms. The van der Waals surface area contributed by atoms with Crippen LogP contribution in [0.15, 0.2) is 60.9 Å². The zero-order valence-electron chi connectivity index (χ0n) is 27.5. The summed E-state index contributed by atoms with van der Waals surface area (Å²) in [5.74, 6) is 1.43. The molecule has 2 saturated heterocycles. The quantitative estimate of drug-likeness (QED) is 0.249. The number of likely N-dealkylation sites (tertiary alicyclic amines) is 1. The van der Waals surface area contributed by atoms with Gasteiger partial charge >= 0.3 is 0 Å². The highest BCUT2D eigenvalue weighted by Gasteiger charge is 2.37. The van der Waals surface area contributed by atoms with Gasteiger partial charge in [0.1, 0.15) is 24.1 Å². The van der Waals surface area contributed by atoms with Crippen LogP contribution in [-0.4, -0.2) is 80.1 Å². The average molecular weight is 663 g/mol. The van der Waals surface area contributed by atoms with Gasteiger partial charge in [-0.3, -0.25) is 19.6 Å². The SMILES string of the molecule is Nc1nnc(-c2ccccc2O)cc1-c1cnn(C2CCN(C3CCC(c4cccc5c4OCCN5[C@@H]4CCC(=O)NC4=O)CC3)CC2)c1. The molecule has 1 atom stereocenters. The number of aromatic hydroxyl groups is 1. The first-order chi connectivity index (χ1) is 23.9. The van der Waals surface area contributed by atoms with Gasteiger partial charge in [0.2, 0.25) is 11.8 Å². The number of anilines is 2. The minimum atomic E-state index is -0.337. The van der Waals surface area contributed by atoms with Crippen molar-refractivity contribution in [2.45, 2.75) is 75.4 Å². The van der Waals surface area contributed by atoms with Crippen molar-refractivity contribution in [1.82, 2.24) is 30.2 Å². The first-order valence-electron chi connectivity index (χ1n) is 17.5. The van der Waals surface area contributed by atoms with Crippen molar-refractivity contribution in [1.29, 1.82) is 0 Å². The van der Waals surface area contributed by atoms with Gasteiger partial charge in [0, 0.05) is 48.4 Å². The number of amides is 2. The number of imide groups is 1. The van der Waals surface area contributed by atoms with Crippen LogP contribution >= 0.6 is 0 Å². The molecule has 3 aliphatic heterocycles. The van der Waals surface area contributed by atoms with Gasteiger partial charge < -0.3 is 25.4 Å². The number of hydrogen-bond donors (Lipinski definition) is 3. The van der Waals surface area contributed by atoms with E-state index in [1.54, 1.807) is 12.1 Å². The van der Waals surface area contributed by atoms with Gasteiger partial charge in [0.15, 0.2) is 5.82 Å². The van der Waals surface area contributed by atoms with Crippen molar-refractivity contribution in [3.8, 4) is 33.9 Å². The number of carbonyl (C=O) groups is 2. The first-order valence-corrected chi connectivity index (χ1v) is 17.5. The zero-order valence-corrected chi connectivity index (χ0v) is 27.5. The monoisotopic (exact) mass is 662 g/mol. The summed E-state index contributed by atoms with van der Waals surface area (Å²) >= 11 is 0. The molecular formula is C37H42N8O4. The highest BCUT2D eigenvalue weighted by Crippen LogP contribution is 2.45. The van der Waals surface area contributed by atoms with Crippen molar-refractivity contribution < 1.29 is 19.4 Å². The van der Waals surface area contributed by atoms with Crippen molar-refractivity contribution in [3.05, 3.63) is 66.5 Å². The Kier molecular flexibility index (Phi) is 8.40. The molecule has 12 heteroatoms. The van der Waals surface area contributed by atoms with E-state index in [4.69, 9.17) is 15.6 Å². The summed E-state index contributed by atoms with van der Waals surface area (Å²) in [7, 11) is 0. The zero-order chi connectivity index (χ0) is 33.5. The fourth-order valence-corrected chi connectivity index (χ4v) is 8.32. The van der Waals surface area contributed by atoms with E-state index >= 15 is 0 Å². The number of rotatable bonds is 6. The lowest BCUT2D eigenvalue weighted by Crippen LogP contribution is -2.54. The standard InChI is InChI=1S/C37H42N8O4/c38-36-29(20-30(41-42-36)28-4-1-2-7-33(28)46)24-21-39-45(22-24)26-14-16-43(17-15-26)25-10-8-23(9-11-25)27-5-3-6-31-35(27)49-19-18-44(31)32-12-13-34(47)40-37(32)48/h1-7,20-23,25-26,32,46H,8-19H2,(H2,38,42)(H,40,47,48)/t23?,25?,32-/m1/s1. The maximum Gasteiger partial charge on any atom is 0.249 e.